The van der Waals surface area contributed by atoms with Gasteiger partial charge >= 0.3 is 0 Å². The molecule has 0 spiro atoms. The van der Waals surface area contributed by atoms with Crippen LogP contribution in [0.25, 0.3) is 0 Å². The minimum absolute atomic E-state index is 0.558. The van der Waals surface area contributed by atoms with Gasteiger partial charge in [-0.3, -0.25) is 4.98 Å². The Hall–Kier alpha value is -1.39. The molecule has 0 radical (unpaired) electrons. The molecular weight excluding hydrogens is 266 g/mol. The molecule has 0 bridgehead atoms. The Labute approximate surface area is 124 Å². The van der Waals surface area contributed by atoms with Crippen molar-refractivity contribution in [2.24, 2.45) is 5.73 Å². The number of nitrogens with zero attached hydrogens (tertiary/aromatic N) is 2. The molecule has 0 amide bonds. The van der Waals surface area contributed by atoms with Crippen LogP contribution >= 0.6 is 11.3 Å². The number of nitrogens with two attached hydrogens (primary N) is 1. The number of anilines is 1. The monoisotopic (exact) mass is 287 g/mol. The van der Waals surface area contributed by atoms with Crippen molar-refractivity contribution in [1.29, 1.82) is 0 Å². The molecule has 2 aromatic rings. The molecule has 3 rings (SSSR count). The van der Waals surface area contributed by atoms with Gasteiger partial charge in [0.25, 0.3) is 0 Å². The molecule has 0 aliphatic heterocycles. The van der Waals surface area contributed by atoms with E-state index in [0.717, 1.165) is 17.9 Å². The van der Waals surface area contributed by atoms with Crippen LogP contribution in [0, 0.1) is 13.8 Å². The molecule has 2 heterocycles. The van der Waals surface area contributed by atoms with Gasteiger partial charge in [-0.05, 0) is 44.2 Å². The lowest BCUT2D eigenvalue weighted by atomic mass is 10.1. The van der Waals surface area contributed by atoms with Crippen LogP contribution in [0.4, 0.5) is 5.69 Å². The van der Waals surface area contributed by atoms with Crippen LogP contribution in [0.3, 0.4) is 0 Å². The quantitative estimate of drug-likeness (QED) is 0.916. The highest BCUT2D eigenvalue weighted by Gasteiger charge is 2.31. The van der Waals surface area contributed by atoms with Crippen LogP contribution in [0.5, 0.6) is 0 Å². The van der Waals surface area contributed by atoms with Crippen LogP contribution in [-0.2, 0) is 13.1 Å². The number of aryl methyl sites for hydroxylation is 2. The Morgan fingerprint density at radius 3 is 2.80 bits per heavy atom. The summed E-state index contributed by atoms with van der Waals surface area (Å²) < 4.78 is 0. The van der Waals surface area contributed by atoms with Crippen LogP contribution in [0.15, 0.2) is 23.6 Å². The van der Waals surface area contributed by atoms with Crippen LogP contribution < -0.4 is 10.6 Å². The summed E-state index contributed by atoms with van der Waals surface area (Å²) in [5.41, 5.74) is 10.6. The fourth-order valence-electron chi connectivity index (χ4n) is 2.71. The standard InChI is InChI=1S/C16H21N3S/c1-11-8-16(15(9-17)12(2)18-11)19(13-5-6-13)10-14-4-3-7-20-14/h3-4,7-8,13H,5-6,9-10,17H2,1-2H3. The molecule has 20 heavy (non-hydrogen) atoms. The van der Waals surface area contributed by atoms with E-state index in [-0.39, 0.29) is 0 Å². The highest BCUT2D eigenvalue weighted by Crippen LogP contribution is 2.36. The predicted molar refractivity (Wildman–Crippen MR) is 85.1 cm³/mol. The first-order chi connectivity index (χ1) is 9.69. The zero-order chi connectivity index (χ0) is 14.1. The average molecular weight is 287 g/mol. The molecule has 1 aliphatic carbocycles. The maximum absolute atomic E-state index is 5.97. The van der Waals surface area contributed by atoms with Crippen molar-refractivity contribution >= 4 is 17.0 Å². The summed E-state index contributed by atoms with van der Waals surface area (Å²) in [6.07, 6.45) is 2.58. The SMILES string of the molecule is Cc1cc(N(Cc2cccs2)C2CC2)c(CN)c(C)n1. The molecule has 1 fully saturated rings. The molecule has 1 aliphatic rings. The molecular formula is C16H21N3S. The number of rotatable bonds is 5. The van der Waals surface area contributed by atoms with E-state index in [4.69, 9.17) is 5.73 Å². The fraction of sp³-hybridized carbons (Fsp3) is 0.438. The van der Waals surface area contributed by atoms with Crippen molar-refractivity contribution in [2.75, 3.05) is 4.90 Å². The van der Waals surface area contributed by atoms with Crippen LogP contribution in [-0.4, -0.2) is 11.0 Å². The van der Waals surface area contributed by atoms with Gasteiger partial charge in [0.15, 0.2) is 0 Å². The van der Waals surface area contributed by atoms with Gasteiger partial charge in [-0.25, -0.2) is 0 Å². The lowest BCUT2D eigenvalue weighted by Gasteiger charge is -2.27. The predicted octanol–water partition coefficient (Wildman–Crippen LogP) is 3.39. The van der Waals surface area contributed by atoms with E-state index in [1.807, 2.05) is 11.3 Å². The van der Waals surface area contributed by atoms with E-state index in [1.165, 1.54) is 29.0 Å². The lowest BCUT2D eigenvalue weighted by molar-refractivity contribution is 0.788. The molecule has 2 N–H and O–H groups in total. The van der Waals surface area contributed by atoms with Crippen LogP contribution in [0.1, 0.15) is 34.7 Å². The third-order valence-electron chi connectivity index (χ3n) is 3.84. The summed E-state index contributed by atoms with van der Waals surface area (Å²) in [5, 5.41) is 2.15. The minimum atomic E-state index is 0.558. The van der Waals surface area contributed by atoms with Gasteiger partial charge in [-0.1, -0.05) is 6.07 Å². The van der Waals surface area contributed by atoms with Gasteiger partial charge in [-0.2, -0.15) is 0 Å². The Kier molecular flexibility index (Phi) is 3.76. The molecule has 4 heteroatoms. The average Bonchev–Trinajstić information content (AvgIpc) is 3.12. The summed E-state index contributed by atoms with van der Waals surface area (Å²) in [6.45, 7) is 5.67. The van der Waals surface area contributed by atoms with E-state index >= 15 is 0 Å². The van der Waals surface area contributed by atoms with Crippen molar-refractivity contribution in [2.45, 2.75) is 45.8 Å². The normalized spacial score (nSPS) is 14.6. The second-order valence-electron chi connectivity index (χ2n) is 5.49. The highest BCUT2D eigenvalue weighted by molar-refractivity contribution is 7.09. The van der Waals surface area contributed by atoms with E-state index in [0.29, 0.717) is 12.6 Å². The van der Waals surface area contributed by atoms with Crippen molar-refractivity contribution < 1.29 is 0 Å². The van der Waals surface area contributed by atoms with Crippen LogP contribution in [0.2, 0.25) is 0 Å². The number of thiophene rings is 1. The van der Waals surface area contributed by atoms with Crippen molar-refractivity contribution in [3.05, 3.63) is 45.4 Å². The van der Waals surface area contributed by atoms with Gasteiger partial charge in [0.1, 0.15) is 0 Å². The van der Waals surface area contributed by atoms with Gasteiger partial charge in [-0.15, -0.1) is 11.3 Å². The van der Waals surface area contributed by atoms with E-state index in [1.54, 1.807) is 0 Å². The topological polar surface area (TPSA) is 42.1 Å². The second kappa shape index (κ2) is 5.54. The second-order valence-corrected chi connectivity index (χ2v) is 6.52. The van der Waals surface area contributed by atoms with Gasteiger partial charge in [0, 0.05) is 40.1 Å². The summed E-state index contributed by atoms with van der Waals surface area (Å²) in [6, 6.07) is 7.20. The van der Waals surface area contributed by atoms with E-state index < -0.39 is 0 Å². The maximum atomic E-state index is 5.97. The summed E-state index contributed by atoms with van der Waals surface area (Å²) >= 11 is 1.82. The third-order valence-corrected chi connectivity index (χ3v) is 4.70. The highest BCUT2D eigenvalue weighted by atomic mass is 32.1. The van der Waals surface area contributed by atoms with Crippen molar-refractivity contribution in [1.82, 2.24) is 4.98 Å². The summed E-state index contributed by atoms with van der Waals surface area (Å²) in [5.74, 6) is 0. The van der Waals surface area contributed by atoms with Gasteiger partial charge in [0.05, 0.1) is 6.54 Å². The number of aromatic nitrogens is 1. The third kappa shape index (κ3) is 2.72. The Balaban J connectivity index is 1.98. The van der Waals surface area contributed by atoms with Crippen molar-refractivity contribution in [3.8, 4) is 0 Å². The first kappa shape index (κ1) is 13.6. The van der Waals surface area contributed by atoms with Gasteiger partial charge in [0.2, 0.25) is 0 Å². The van der Waals surface area contributed by atoms with Crippen molar-refractivity contribution in [3.63, 3.8) is 0 Å². The fourth-order valence-corrected chi connectivity index (χ4v) is 3.41. The Bertz CT molecular complexity index is 588. The molecule has 0 atom stereocenters. The largest absolute Gasteiger partial charge is 0.363 e. The summed E-state index contributed by atoms with van der Waals surface area (Å²) in [4.78, 5) is 8.49. The molecule has 106 valence electrons. The lowest BCUT2D eigenvalue weighted by Crippen LogP contribution is -2.27. The van der Waals surface area contributed by atoms with E-state index in [9.17, 15) is 0 Å². The maximum Gasteiger partial charge on any atom is 0.0526 e. The summed E-state index contributed by atoms with van der Waals surface area (Å²) in [7, 11) is 0. The minimum Gasteiger partial charge on any atom is -0.363 e. The molecule has 1 saturated carbocycles. The molecule has 3 nitrogen and oxygen atoms in total. The Morgan fingerprint density at radius 2 is 2.20 bits per heavy atom. The molecule has 0 saturated heterocycles. The number of hydrogen-bond acceptors (Lipinski definition) is 4. The first-order valence-corrected chi connectivity index (χ1v) is 8.03. The molecule has 2 aromatic heterocycles. The first-order valence-electron chi connectivity index (χ1n) is 7.15. The number of pyridine rings is 1. The Morgan fingerprint density at radius 1 is 1.40 bits per heavy atom. The smallest absolute Gasteiger partial charge is 0.0526 e. The number of hydrogen-bond donors (Lipinski definition) is 1. The van der Waals surface area contributed by atoms with Gasteiger partial charge < -0.3 is 10.6 Å². The zero-order valence-corrected chi connectivity index (χ0v) is 12.9. The molecule has 0 unspecified atom stereocenters. The molecule has 0 aromatic carbocycles. The zero-order valence-electron chi connectivity index (χ0n) is 12.1. The van der Waals surface area contributed by atoms with E-state index in [2.05, 4.69) is 47.3 Å².